The highest BCUT2D eigenvalue weighted by atomic mass is 16.2. The molecule has 20 heavy (non-hydrogen) atoms. The van der Waals surface area contributed by atoms with Gasteiger partial charge in [-0.3, -0.25) is 9.69 Å². The number of hydrogen-bond acceptors (Lipinski definition) is 3. The summed E-state index contributed by atoms with van der Waals surface area (Å²) >= 11 is 0. The van der Waals surface area contributed by atoms with E-state index >= 15 is 0 Å². The van der Waals surface area contributed by atoms with Crippen LogP contribution in [0.5, 0.6) is 0 Å². The van der Waals surface area contributed by atoms with E-state index in [1.54, 1.807) is 0 Å². The summed E-state index contributed by atoms with van der Waals surface area (Å²) in [5, 5.41) is 3.31. The van der Waals surface area contributed by atoms with Gasteiger partial charge in [0.15, 0.2) is 0 Å². The van der Waals surface area contributed by atoms with Gasteiger partial charge in [0, 0.05) is 51.4 Å². The summed E-state index contributed by atoms with van der Waals surface area (Å²) in [5.74, 6) is 0.165. The third-order valence-electron chi connectivity index (χ3n) is 4.13. The predicted octanol–water partition coefficient (Wildman–Crippen LogP) is 1.23. The number of nitrogens with zero attached hydrogens (tertiary/aromatic N) is 2. The molecule has 4 nitrogen and oxygen atoms in total. The maximum atomic E-state index is 12.5. The first kappa shape index (κ1) is 13.3. The van der Waals surface area contributed by atoms with E-state index in [2.05, 4.69) is 22.9 Å². The number of benzene rings is 1. The van der Waals surface area contributed by atoms with Crippen molar-refractivity contribution in [3.63, 3.8) is 0 Å². The van der Waals surface area contributed by atoms with Gasteiger partial charge in [-0.25, -0.2) is 0 Å². The maximum Gasteiger partial charge on any atom is 0.253 e. The second-order valence-corrected chi connectivity index (χ2v) is 5.47. The molecule has 0 saturated carbocycles. The lowest BCUT2D eigenvalue weighted by Gasteiger charge is -2.34. The molecular formula is C16H21N3O. The van der Waals surface area contributed by atoms with Gasteiger partial charge in [0.05, 0.1) is 0 Å². The number of hydrogen-bond donors (Lipinski definition) is 1. The highest BCUT2D eigenvalue weighted by Gasteiger charge is 2.22. The Balaban J connectivity index is 1.66. The normalized spacial score (nSPS) is 18.9. The van der Waals surface area contributed by atoms with Crippen molar-refractivity contribution in [3.05, 3.63) is 47.5 Å². The van der Waals surface area contributed by atoms with Crippen LogP contribution in [0.4, 0.5) is 0 Å². The quantitative estimate of drug-likeness (QED) is 0.840. The fraction of sp³-hybridized carbons (Fsp3) is 0.438. The van der Waals surface area contributed by atoms with Crippen LogP contribution in [0, 0.1) is 0 Å². The highest BCUT2D eigenvalue weighted by Crippen LogP contribution is 2.18. The van der Waals surface area contributed by atoms with Crippen molar-refractivity contribution in [2.75, 3.05) is 32.7 Å². The average molecular weight is 271 g/mol. The van der Waals surface area contributed by atoms with E-state index in [9.17, 15) is 4.79 Å². The molecule has 0 radical (unpaired) electrons. The van der Waals surface area contributed by atoms with Crippen LogP contribution in [0.1, 0.15) is 21.5 Å². The Morgan fingerprint density at radius 2 is 1.95 bits per heavy atom. The number of fused-ring (bicyclic) bond motifs is 1. The minimum atomic E-state index is 0.165. The van der Waals surface area contributed by atoms with Gasteiger partial charge in [-0.15, -0.1) is 6.58 Å². The van der Waals surface area contributed by atoms with E-state index in [1.807, 2.05) is 23.1 Å². The van der Waals surface area contributed by atoms with Gasteiger partial charge in [0.1, 0.15) is 0 Å². The zero-order chi connectivity index (χ0) is 13.9. The first-order valence-electron chi connectivity index (χ1n) is 7.23. The van der Waals surface area contributed by atoms with Crippen molar-refractivity contribution in [1.29, 1.82) is 0 Å². The fourth-order valence-corrected chi connectivity index (χ4v) is 2.93. The van der Waals surface area contributed by atoms with Gasteiger partial charge in [-0.05, 0) is 23.3 Å². The molecular weight excluding hydrogens is 250 g/mol. The van der Waals surface area contributed by atoms with Crippen LogP contribution in [0.15, 0.2) is 30.9 Å². The Hall–Kier alpha value is -1.65. The van der Waals surface area contributed by atoms with Crippen LogP contribution in [0.3, 0.4) is 0 Å². The number of rotatable bonds is 3. The fourth-order valence-electron chi connectivity index (χ4n) is 2.93. The van der Waals surface area contributed by atoms with E-state index in [0.717, 1.165) is 51.4 Å². The van der Waals surface area contributed by atoms with Crippen molar-refractivity contribution in [3.8, 4) is 0 Å². The zero-order valence-electron chi connectivity index (χ0n) is 11.8. The Labute approximate surface area is 120 Å². The van der Waals surface area contributed by atoms with Crippen molar-refractivity contribution in [2.45, 2.75) is 13.1 Å². The molecule has 2 heterocycles. The summed E-state index contributed by atoms with van der Waals surface area (Å²) in [6.45, 7) is 9.95. The molecule has 1 N–H and O–H groups in total. The largest absolute Gasteiger partial charge is 0.336 e. The van der Waals surface area contributed by atoms with Gasteiger partial charge in [0.2, 0.25) is 0 Å². The van der Waals surface area contributed by atoms with Crippen LogP contribution in [-0.4, -0.2) is 48.4 Å². The molecule has 0 bridgehead atoms. The predicted molar refractivity (Wildman–Crippen MR) is 79.5 cm³/mol. The Kier molecular flexibility index (Phi) is 3.85. The number of carbonyl (C=O) groups is 1. The molecule has 2 aliphatic rings. The number of nitrogens with one attached hydrogen (secondary N) is 1. The summed E-state index contributed by atoms with van der Waals surface area (Å²) in [6.07, 6.45) is 1.92. The number of amides is 1. The summed E-state index contributed by atoms with van der Waals surface area (Å²) in [7, 11) is 0. The molecule has 1 fully saturated rings. The molecule has 4 heteroatoms. The Bertz CT molecular complexity index is 518. The van der Waals surface area contributed by atoms with Crippen LogP contribution in [0.25, 0.3) is 0 Å². The molecule has 0 aromatic heterocycles. The molecule has 2 aliphatic heterocycles. The van der Waals surface area contributed by atoms with Crippen molar-refractivity contribution in [2.24, 2.45) is 0 Å². The Morgan fingerprint density at radius 1 is 1.20 bits per heavy atom. The first-order chi connectivity index (χ1) is 9.78. The molecule has 0 unspecified atom stereocenters. The van der Waals surface area contributed by atoms with Gasteiger partial charge in [-0.1, -0.05) is 12.1 Å². The molecule has 0 atom stereocenters. The average Bonchev–Trinajstić information content (AvgIpc) is 2.95. The molecule has 0 aliphatic carbocycles. The molecule has 1 aromatic carbocycles. The molecule has 1 amide bonds. The summed E-state index contributed by atoms with van der Waals surface area (Å²) < 4.78 is 0. The van der Waals surface area contributed by atoms with Gasteiger partial charge in [0.25, 0.3) is 5.91 Å². The third-order valence-corrected chi connectivity index (χ3v) is 4.13. The third kappa shape index (κ3) is 2.62. The van der Waals surface area contributed by atoms with Gasteiger partial charge < -0.3 is 10.2 Å². The second kappa shape index (κ2) is 5.77. The minimum Gasteiger partial charge on any atom is -0.336 e. The van der Waals surface area contributed by atoms with Gasteiger partial charge in [-0.2, -0.15) is 0 Å². The van der Waals surface area contributed by atoms with E-state index in [-0.39, 0.29) is 5.91 Å². The number of piperazine rings is 1. The Morgan fingerprint density at radius 3 is 2.70 bits per heavy atom. The molecule has 3 rings (SSSR count). The van der Waals surface area contributed by atoms with E-state index in [1.165, 1.54) is 11.1 Å². The SMILES string of the molecule is C=CCN1CCN(C(=O)c2ccc3c(c2)CNC3)CC1. The lowest BCUT2D eigenvalue weighted by atomic mass is 10.1. The second-order valence-electron chi connectivity index (χ2n) is 5.47. The number of carbonyl (C=O) groups excluding carboxylic acids is 1. The summed E-state index contributed by atoms with van der Waals surface area (Å²) in [4.78, 5) is 16.8. The van der Waals surface area contributed by atoms with Gasteiger partial charge >= 0.3 is 0 Å². The molecule has 106 valence electrons. The molecule has 1 aromatic rings. The summed E-state index contributed by atoms with van der Waals surface area (Å²) in [5.41, 5.74) is 3.41. The molecule has 1 saturated heterocycles. The van der Waals surface area contributed by atoms with Crippen molar-refractivity contribution < 1.29 is 4.79 Å². The zero-order valence-corrected chi connectivity index (χ0v) is 11.8. The smallest absolute Gasteiger partial charge is 0.253 e. The van der Waals surface area contributed by atoms with Crippen LogP contribution < -0.4 is 5.32 Å². The lowest BCUT2D eigenvalue weighted by Crippen LogP contribution is -2.48. The van der Waals surface area contributed by atoms with Crippen molar-refractivity contribution in [1.82, 2.24) is 15.1 Å². The summed E-state index contributed by atoms with van der Waals surface area (Å²) in [6, 6.07) is 6.09. The lowest BCUT2D eigenvalue weighted by molar-refractivity contribution is 0.0650. The van der Waals surface area contributed by atoms with Crippen LogP contribution in [-0.2, 0) is 13.1 Å². The van der Waals surface area contributed by atoms with Crippen LogP contribution >= 0.6 is 0 Å². The monoisotopic (exact) mass is 271 g/mol. The minimum absolute atomic E-state index is 0.165. The van der Waals surface area contributed by atoms with Crippen molar-refractivity contribution >= 4 is 5.91 Å². The molecule has 0 spiro atoms. The maximum absolute atomic E-state index is 12.5. The topological polar surface area (TPSA) is 35.6 Å². The first-order valence-corrected chi connectivity index (χ1v) is 7.23. The van der Waals surface area contributed by atoms with E-state index < -0.39 is 0 Å². The van der Waals surface area contributed by atoms with E-state index in [0.29, 0.717) is 0 Å². The standard InChI is InChI=1S/C16H21N3O/c1-2-5-18-6-8-19(9-7-18)16(20)13-3-4-14-11-17-12-15(14)10-13/h2-4,10,17H,1,5-9,11-12H2. The van der Waals surface area contributed by atoms with Crippen LogP contribution in [0.2, 0.25) is 0 Å². The van der Waals surface area contributed by atoms with E-state index in [4.69, 9.17) is 0 Å². The highest BCUT2D eigenvalue weighted by molar-refractivity contribution is 5.94.